The van der Waals surface area contributed by atoms with E-state index >= 15 is 0 Å². The van der Waals surface area contributed by atoms with Crippen LogP contribution in [0.25, 0.3) is 5.73 Å². The largest absolute Gasteiger partial charge is 5.00 e. The number of hydrogen-bond acceptors (Lipinski definition) is 6. The molecule has 0 fully saturated rings. The van der Waals surface area contributed by atoms with Gasteiger partial charge in [0, 0.05) is 0 Å². The van der Waals surface area contributed by atoms with Crippen molar-refractivity contribution in [1.29, 1.82) is 0 Å². The van der Waals surface area contributed by atoms with E-state index in [4.69, 9.17) is 51.1 Å². The summed E-state index contributed by atoms with van der Waals surface area (Å²) in [6.07, 6.45) is 0. The first-order chi connectivity index (χ1) is 8.84. The van der Waals surface area contributed by atoms with Gasteiger partial charge >= 0.3 is 17.1 Å². The summed E-state index contributed by atoms with van der Waals surface area (Å²) < 4.78 is 0. The standard InChI is InChI=1S/C2H7N2.4C2H3O2.Fe.H3N/c3-1-2-4;4*1-2(3)4;;/h3H,1-2,4H2;4*1H2,(H,3,4);;1H3/q5*-1;+5;. The van der Waals surface area contributed by atoms with Gasteiger partial charge in [-0.1, -0.05) is 0 Å². The van der Waals surface area contributed by atoms with Crippen LogP contribution in [0.1, 0.15) is 0 Å². The van der Waals surface area contributed by atoms with Gasteiger partial charge in [-0.2, -0.15) is 0 Å². The Morgan fingerprint density at radius 3 is 0.818 bits per heavy atom. The van der Waals surface area contributed by atoms with Gasteiger partial charge in [-0.05, 0) is 6.54 Å². The molecule has 133 valence electrons. The minimum atomic E-state index is -1.08. The van der Waals surface area contributed by atoms with Gasteiger partial charge in [-0.25, -0.2) is 0 Å². The van der Waals surface area contributed by atoms with E-state index < -0.39 is 23.9 Å². The predicted molar refractivity (Wildman–Crippen MR) is 75.2 cm³/mol. The Kier molecular flexibility index (Phi) is 83.1. The molecule has 0 bridgehead atoms. The van der Waals surface area contributed by atoms with E-state index in [1.54, 1.807) is 0 Å². The van der Waals surface area contributed by atoms with Crippen LogP contribution in [0.2, 0.25) is 0 Å². The minimum absolute atomic E-state index is 0. The average Bonchev–Trinajstić information content (AvgIpc) is 2.13. The third-order valence-corrected chi connectivity index (χ3v) is 0.144. The molecule has 0 saturated heterocycles. The van der Waals surface area contributed by atoms with E-state index in [9.17, 15) is 0 Å². The van der Waals surface area contributed by atoms with Gasteiger partial charge in [0.15, 0.2) is 23.9 Å². The fraction of sp³-hybridized carbons (Fsp3) is 0.200. The van der Waals surface area contributed by atoms with Gasteiger partial charge in [-0.3, -0.25) is 46.9 Å². The second-order valence-electron chi connectivity index (χ2n) is 2.11. The minimum Gasteiger partial charge on any atom is -0.676 e. The van der Waals surface area contributed by atoms with Crippen molar-refractivity contribution in [3.8, 4) is 0 Å². The molecule has 1 radical (unpaired) electrons. The van der Waals surface area contributed by atoms with Crippen LogP contribution in [0.3, 0.4) is 0 Å². The Morgan fingerprint density at radius 1 is 0.773 bits per heavy atom. The fourth-order valence-corrected chi connectivity index (χ4v) is 0. The summed E-state index contributed by atoms with van der Waals surface area (Å²) in [5.74, 6) is -4.33. The number of hydrogen-bond donors (Lipinski definition) is 6. The SMILES string of the molecule is N.[CH2-]C(=O)O.[CH2-]C(=O)O.[CH2-]C(=O)O.[CH2-]C(=O)O.[Fe+5].[NH-]CCN. The summed E-state index contributed by atoms with van der Waals surface area (Å²) in [5.41, 5.74) is 11.2. The summed E-state index contributed by atoms with van der Waals surface area (Å²) in [7, 11) is 0. The Balaban J connectivity index is -0.0000000250. The molecule has 0 unspecified atom stereocenters. The van der Waals surface area contributed by atoms with E-state index in [2.05, 4.69) is 27.7 Å². The van der Waals surface area contributed by atoms with Crippen LogP contribution < -0.4 is 11.9 Å². The van der Waals surface area contributed by atoms with Crippen molar-refractivity contribution in [3.05, 3.63) is 33.4 Å². The van der Waals surface area contributed by atoms with E-state index in [-0.39, 0.29) is 23.2 Å². The second kappa shape index (κ2) is 42.8. The number of carbonyl (C=O) groups is 4. The van der Waals surface area contributed by atoms with Crippen LogP contribution in [0.15, 0.2) is 0 Å². The van der Waals surface area contributed by atoms with Crippen LogP contribution >= 0.6 is 0 Å². The molecule has 22 heavy (non-hydrogen) atoms. The molecule has 10 N–H and O–H groups in total. The van der Waals surface area contributed by atoms with Crippen molar-refractivity contribution >= 4 is 23.9 Å². The zero-order valence-electron chi connectivity index (χ0n) is 11.8. The number of carboxylic acids is 4. The van der Waals surface area contributed by atoms with Crippen LogP contribution in [0.4, 0.5) is 0 Å². The molecule has 0 aliphatic carbocycles. The van der Waals surface area contributed by atoms with Crippen LogP contribution in [0.5, 0.6) is 0 Å². The smallest absolute Gasteiger partial charge is 0.676 e. The van der Waals surface area contributed by atoms with Gasteiger partial charge in [-0.15, -0.1) is 6.54 Å². The van der Waals surface area contributed by atoms with E-state index in [0.29, 0.717) is 13.1 Å². The number of rotatable bonds is 1. The van der Waals surface area contributed by atoms with Gasteiger partial charge in [0.25, 0.3) is 0 Å². The van der Waals surface area contributed by atoms with Gasteiger partial charge in [0.2, 0.25) is 0 Å². The molecule has 11 nitrogen and oxygen atoms in total. The molecule has 0 amide bonds. The first-order valence-electron chi connectivity index (χ1n) is 4.39. The molecule has 0 aliphatic heterocycles. The summed E-state index contributed by atoms with van der Waals surface area (Å²) >= 11 is 0. The maximum atomic E-state index is 8.89. The van der Waals surface area contributed by atoms with Crippen molar-refractivity contribution in [2.45, 2.75) is 0 Å². The van der Waals surface area contributed by atoms with E-state index in [0.717, 1.165) is 0 Å². The van der Waals surface area contributed by atoms with Crippen molar-refractivity contribution in [1.82, 2.24) is 6.15 Å². The van der Waals surface area contributed by atoms with Crippen molar-refractivity contribution in [2.75, 3.05) is 13.1 Å². The zero-order valence-corrected chi connectivity index (χ0v) is 12.9. The van der Waals surface area contributed by atoms with Gasteiger partial charge in [0.1, 0.15) is 0 Å². The summed E-state index contributed by atoms with van der Waals surface area (Å²) in [4.78, 5) is 35.6. The first kappa shape index (κ1) is 42.7. The molecule has 0 atom stereocenters. The average molecular weight is 368 g/mol. The Morgan fingerprint density at radius 2 is 0.818 bits per heavy atom. The predicted octanol–water partition coefficient (Wildman–Crippen LogP) is -0.223. The van der Waals surface area contributed by atoms with Crippen molar-refractivity contribution in [3.63, 3.8) is 0 Å². The number of carboxylic acid groups (broad SMARTS) is 4. The Bertz CT molecular complexity index is 199. The number of nitrogens with one attached hydrogen (secondary N) is 1. The number of nitrogens with two attached hydrogens (primary N) is 1. The van der Waals surface area contributed by atoms with E-state index in [1.807, 2.05) is 0 Å². The first-order valence-corrected chi connectivity index (χ1v) is 4.39. The van der Waals surface area contributed by atoms with Gasteiger partial charge < -0.3 is 38.0 Å². The molecule has 0 aromatic heterocycles. The molecule has 0 saturated carbocycles. The quantitative estimate of drug-likeness (QED) is 0.263. The maximum Gasteiger partial charge on any atom is 5.00 e. The van der Waals surface area contributed by atoms with Crippen molar-refractivity contribution < 1.29 is 56.7 Å². The molecule has 0 rings (SSSR count). The number of aliphatic carboxylic acids is 4. The second-order valence-corrected chi connectivity index (χ2v) is 2.11. The summed E-state index contributed by atoms with van der Waals surface area (Å²) in [6, 6.07) is 0. The molecule has 0 heterocycles. The molecule has 0 spiro atoms. The Labute approximate surface area is 139 Å². The van der Waals surface area contributed by atoms with Crippen LogP contribution in [0, 0.1) is 27.7 Å². The normalized spacial score (nSPS) is 5.73. The zero-order chi connectivity index (χ0) is 17.7. The van der Waals surface area contributed by atoms with Crippen LogP contribution in [-0.2, 0) is 36.2 Å². The van der Waals surface area contributed by atoms with Crippen LogP contribution in [-0.4, -0.2) is 57.4 Å². The molecule has 0 aliphatic rings. The third kappa shape index (κ3) is 3240. The summed E-state index contributed by atoms with van der Waals surface area (Å²) in [5, 5.41) is 29.2. The molecule has 0 aromatic rings. The monoisotopic (exact) mass is 368 g/mol. The Hall–Kier alpha value is -2.24. The molecular formula is C10H22FeN3O8. The topological polar surface area (TPSA) is 234 Å². The maximum absolute atomic E-state index is 8.89. The molecule has 0 aromatic carbocycles. The third-order valence-electron chi connectivity index (χ3n) is 0.144. The van der Waals surface area contributed by atoms with Crippen molar-refractivity contribution in [2.24, 2.45) is 5.73 Å². The van der Waals surface area contributed by atoms with Gasteiger partial charge in [0.05, 0.1) is 0 Å². The fourth-order valence-electron chi connectivity index (χ4n) is 0. The molecular weight excluding hydrogens is 346 g/mol. The summed E-state index contributed by atoms with van der Waals surface area (Å²) in [6.45, 7) is 11.1. The van der Waals surface area contributed by atoms with E-state index in [1.165, 1.54) is 0 Å². The molecule has 12 heteroatoms.